The van der Waals surface area contributed by atoms with E-state index in [9.17, 15) is 24.9 Å². The molecule has 0 bridgehead atoms. The Hall–Kier alpha value is -1.04. The lowest BCUT2D eigenvalue weighted by Gasteiger charge is -2.60. The van der Waals surface area contributed by atoms with E-state index in [0.717, 1.165) is 25.7 Å². The molecule has 0 radical (unpaired) electrons. The molecule has 8 atom stereocenters. The molecule has 27 heavy (non-hydrogen) atoms. The maximum Gasteiger partial charge on any atom is 0.190 e. The Morgan fingerprint density at radius 1 is 1.30 bits per heavy atom. The van der Waals surface area contributed by atoms with Crippen LogP contribution in [0, 0.1) is 34.5 Å². The first-order valence-corrected chi connectivity index (χ1v) is 10.4. The van der Waals surface area contributed by atoms with Gasteiger partial charge in [0.1, 0.15) is 12.2 Å². The highest BCUT2D eigenvalue weighted by atomic mass is 16.3. The first-order valence-electron chi connectivity index (χ1n) is 10.4. The van der Waals surface area contributed by atoms with Gasteiger partial charge in [-0.1, -0.05) is 26.3 Å². The third-order valence-corrected chi connectivity index (χ3v) is 9.05. The molecule has 3 saturated carbocycles. The summed E-state index contributed by atoms with van der Waals surface area (Å²) in [6.07, 6.45) is 5.32. The van der Waals surface area contributed by atoms with Crippen molar-refractivity contribution in [3.05, 3.63) is 11.6 Å². The van der Waals surface area contributed by atoms with Crippen LogP contribution < -0.4 is 0 Å². The van der Waals surface area contributed by atoms with Crippen LogP contribution in [0.1, 0.15) is 59.3 Å². The minimum atomic E-state index is -1.59. The normalized spacial score (nSPS) is 51.9. The third kappa shape index (κ3) is 2.28. The van der Waals surface area contributed by atoms with Gasteiger partial charge in [0.25, 0.3) is 0 Å². The number of allylic oxidation sites excluding steroid dienone is 1. The van der Waals surface area contributed by atoms with E-state index in [1.54, 1.807) is 0 Å². The Balaban J connectivity index is 1.77. The summed E-state index contributed by atoms with van der Waals surface area (Å²) in [4.78, 5) is 24.5. The van der Waals surface area contributed by atoms with Crippen molar-refractivity contribution in [1.29, 1.82) is 0 Å². The van der Waals surface area contributed by atoms with Crippen LogP contribution in [-0.2, 0) is 9.59 Å². The highest BCUT2D eigenvalue weighted by molar-refractivity contribution is 5.92. The molecule has 4 rings (SSSR count). The smallest absolute Gasteiger partial charge is 0.190 e. The fraction of sp³-hybridized carbons (Fsp3) is 0.818. The summed E-state index contributed by atoms with van der Waals surface area (Å²) in [6.45, 7) is 5.36. The van der Waals surface area contributed by atoms with Crippen LogP contribution >= 0.6 is 0 Å². The summed E-state index contributed by atoms with van der Waals surface area (Å²) in [5.41, 5.74) is -1.31. The van der Waals surface area contributed by atoms with Gasteiger partial charge in [-0.15, -0.1) is 0 Å². The fourth-order valence-corrected chi connectivity index (χ4v) is 7.74. The zero-order chi connectivity index (χ0) is 19.8. The van der Waals surface area contributed by atoms with Gasteiger partial charge in [-0.3, -0.25) is 9.59 Å². The van der Waals surface area contributed by atoms with Gasteiger partial charge < -0.3 is 15.3 Å². The molecule has 0 aromatic rings. The van der Waals surface area contributed by atoms with E-state index in [0.29, 0.717) is 12.8 Å². The van der Waals surface area contributed by atoms with Crippen molar-refractivity contribution < 1.29 is 24.9 Å². The molecule has 4 aliphatic carbocycles. The number of hydrogen-bond acceptors (Lipinski definition) is 5. The Morgan fingerprint density at radius 3 is 2.67 bits per heavy atom. The summed E-state index contributed by atoms with van der Waals surface area (Å²) >= 11 is 0. The minimum Gasteiger partial charge on any atom is -0.393 e. The molecule has 5 heteroatoms. The van der Waals surface area contributed by atoms with Gasteiger partial charge in [0.15, 0.2) is 11.6 Å². The van der Waals surface area contributed by atoms with E-state index in [-0.39, 0.29) is 34.9 Å². The monoisotopic (exact) mass is 376 g/mol. The SMILES string of the molecule is C[C@H]1C[C@@H]2[C@H]3CCC4=CC(=O)CC[C@@]4(C)[C@@H]3[C@@H](O)C[C@@]2(C)[C@]1(O)C(=O)CO. The van der Waals surface area contributed by atoms with Crippen LogP contribution in [0.3, 0.4) is 0 Å². The summed E-state index contributed by atoms with van der Waals surface area (Å²) in [5.74, 6) is -0.155. The quantitative estimate of drug-likeness (QED) is 0.685. The van der Waals surface area contributed by atoms with Crippen molar-refractivity contribution in [2.45, 2.75) is 71.0 Å². The molecular formula is C22H32O5. The topological polar surface area (TPSA) is 94.8 Å². The molecule has 3 fully saturated rings. The van der Waals surface area contributed by atoms with Crippen LogP contribution in [0.25, 0.3) is 0 Å². The minimum absolute atomic E-state index is 0.0578. The van der Waals surface area contributed by atoms with E-state index in [4.69, 9.17) is 0 Å². The number of fused-ring (bicyclic) bond motifs is 5. The van der Waals surface area contributed by atoms with Crippen molar-refractivity contribution in [2.75, 3.05) is 6.61 Å². The van der Waals surface area contributed by atoms with Crippen LogP contribution in [0.5, 0.6) is 0 Å². The van der Waals surface area contributed by atoms with E-state index in [2.05, 4.69) is 6.92 Å². The molecular weight excluding hydrogens is 344 g/mol. The maximum atomic E-state index is 12.6. The second kappa shape index (κ2) is 5.98. The first kappa shape index (κ1) is 19.3. The molecule has 3 N–H and O–H groups in total. The second-order valence-corrected chi connectivity index (χ2v) is 10.1. The number of aliphatic hydroxyl groups is 3. The van der Waals surface area contributed by atoms with Gasteiger partial charge in [0.2, 0.25) is 0 Å². The van der Waals surface area contributed by atoms with Crippen molar-refractivity contribution in [1.82, 2.24) is 0 Å². The van der Waals surface area contributed by atoms with Gasteiger partial charge in [-0.25, -0.2) is 0 Å². The lowest BCUT2D eigenvalue weighted by atomic mass is 9.45. The second-order valence-electron chi connectivity index (χ2n) is 10.1. The predicted octanol–water partition coefficient (Wildman–Crippen LogP) is 2.03. The van der Waals surface area contributed by atoms with Gasteiger partial charge in [0.05, 0.1) is 6.10 Å². The highest BCUT2D eigenvalue weighted by Gasteiger charge is 2.70. The Morgan fingerprint density at radius 2 is 2.00 bits per heavy atom. The molecule has 0 spiro atoms. The molecule has 0 aliphatic heterocycles. The van der Waals surface area contributed by atoms with Crippen LogP contribution in [0.15, 0.2) is 11.6 Å². The number of hydrogen-bond donors (Lipinski definition) is 3. The van der Waals surface area contributed by atoms with Crippen LogP contribution in [0.4, 0.5) is 0 Å². The molecule has 0 heterocycles. The number of ketones is 2. The standard InChI is InChI=1S/C22H32O5/c1-12-8-16-15-5-4-13-9-14(24)6-7-20(13,2)19(15)17(25)10-21(16,3)22(12,27)18(26)11-23/h9,12,15-17,19,23,25,27H,4-8,10-11H2,1-3H3/t12-,15+,16+,17-,19-,20+,21+,22+/m0/s1. The van der Waals surface area contributed by atoms with Gasteiger partial charge in [0, 0.05) is 11.8 Å². The summed E-state index contributed by atoms with van der Waals surface area (Å²) < 4.78 is 0. The Kier molecular flexibility index (Phi) is 4.27. The number of carbonyl (C=O) groups excluding carboxylic acids is 2. The van der Waals surface area contributed by atoms with E-state index in [1.807, 2.05) is 19.9 Å². The zero-order valence-electron chi connectivity index (χ0n) is 16.6. The zero-order valence-corrected chi connectivity index (χ0v) is 16.6. The average molecular weight is 376 g/mol. The van der Waals surface area contributed by atoms with Crippen molar-refractivity contribution >= 4 is 11.6 Å². The lowest BCUT2D eigenvalue weighted by Crippen LogP contribution is -2.63. The third-order valence-electron chi connectivity index (χ3n) is 9.05. The number of aliphatic hydroxyl groups excluding tert-OH is 2. The van der Waals surface area contributed by atoms with E-state index < -0.39 is 29.5 Å². The van der Waals surface area contributed by atoms with Crippen LogP contribution in [0.2, 0.25) is 0 Å². The van der Waals surface area contributed by atoms with Crippen molar-refractivity contribution in [2.24, 2.45) is 34.5 Å². The highest BCUT2D eigenvalue weighted by Crippen LogP contribution is 2.68. The van der Waals surface area contributed by atoms with Crippen molar-refractivity contribution in [3.63, 3.8) is 0 Å². The molecule has 0 saturated heterocycles. The number of rotatable bonds is 2. The molecule has 150 valence electrons. The maximum absolute atomic E-state index is 12.6. The molecule has 0 aromatic heterocycles. The predicted molar refractivity (Wildman–Crippen MR) is 99.7 cm³/mol. The number of Topliss-reactive ketones (excluding diaryl/α,β-unsaturated/α-hetero) is 1. The molecule has 0 unspecified atom stereocenters. The summed E-state index contributed by atoms with van der Waals surface area (Å²) in [7, 11) is 0. The average Bonchev–Trinajstić information content (AvgIpc) is 2.82. The molecule has 5 nitrogen and oxygen atoms in total. The Bertz CT molecular complexity index is 713. The molecule has 4 aliphatic rings. The molecule has 0 aromatic carbocycles. The largest absolute Gasteiger partial charge is 0.393 e. The Labute approximate surface area is 160 Å². The van der Waals surface area contributed by atoms with E-state index >= 15 is 0 Å². The number of carbonyl (C=O) groups is 2. The van der Waals surface area contributed by atoms with Gasteiger partial charge in [-0.05, 0) is 67.3 Å². The van der Waals surface area contributed by atoms with Gasteiger partial charge in [-0.2, -0.15) is 0 Å². The summed E-state index contributed by atoms with van der Waals surface area (Å²) in [6, 6.07) is 0. The van der Waals surface area contributed by atoms with Gasteiger partial charge >= 0.3 is 0 Å². The van der Waals surface area contributed by atoms with E-state index in [1.165, 1.54) is 5.57 Å². The first-order chi connectivity index (χ1) is 12.6. The molecule has 0 amide bonds. The lowest BCUT2D eigenvalue weighted by molar-refractivity contribution is -0.187. The summed E-state index contributed by atoms with van der Waals surface area (Å²) in [5, 5.41) is 32.2. The van der Waals surface area contributed by atoms with Crippen molar-refractivity contribution in [3.8, 4) is 0 Å². The fourth-order valence-electron chi connectivity index (χ4n) is 7.74. The van der Waals surface area contributed by atoms with Crippen LogP contribution in [-0.4, -0.2) is 45.2 Å².